The maximum absolute atomic E-state index is 12.0. The fourth-order valence-electron chi connectivity index (χ4n) is 2.39. The first-order chi connectivity index (χ1) is 9.70. The first-order valence-corrected chi connectivity index (χ1v) is 7.13. The third-order valence-corrected chi connectivity index (χ3v) is 4.10. The van der Waals surface area contributed by atoms with E-state index < -0.39 is 0 Å². The number of rotatable bonds is 1. The lowest BCUT2D eigenvalue weighted by molar-refractivity contribution is 0.130. The molecule has 3 rings (SSSR count). The number of carbonyl (C=O) groups excluding carboxylic acids is 1. The van der Waals surface area contributed by atoms with E-state index in [0.29, 0.717) is 0 Å². The van der Waals surface area contributed by atoms with Crippen molar-refractivity contribution in [1.82, 2.24) is 9.88 Å². The maximum atomic E-state index is 12.0. The SMILES string of the molecule is COC(=O)N1C=Cc2scnc2C1c1cccc(C)c1. The molecule has 1 unspecified atom stereocenters. The zero-order chi connectivity index (χ0) is 14.1. The minimum absolute atomic E-state index is 0.228. The number of methoxy groups -OCH3 is 1. The zero-order valence-corrected chi connectivity index (χ0v) is 12.1. The lowest BCUT2D eigenvalue weighted by Crippen LogP contribution is -2.33. The lowest BCUT2D eigenvalue weighted by Gasteiger charge is -2.30. The van der Waals surface area contributed by atoms with E-state index in [4.69, 9.17) is 4.74 Å². The molecule has 2 heterocycles. The Hall–Kier alpha value is -2.14. The summed E-state index contributed by atoms with van der Waals surface area (Å²) in [5.41, 5.74) is 4.89. The Bertz CT molecular complexity index is 678. The number of thiazole rings is 1. The molecular formula is C15H14N2O2S. The standard InChI is InChI=1S/C15H14N2O2S/c1-10-4-3-5-11(8-10)14-13-12(20-9-16-13)6-7-17(14)15(18)19-2/h3-9,14H,1-2H3. The Balaban J connectivity index is 2.12. The fraction of sp³-hybridized carbons (Fsp3) is 0.200. The van der Waals surface area contributed by atoms with Crippen molar-refractivity contribution in [2.45, 2.75) is 13.0 Å². The molecular weight excluding hydrogens is 272 g/mol. The summed E-state index contributed by atoms with van der Waals surface area (Å²) < 4.78 is 4.87. The predicted octanol–water partition coefficient (Wildman–Crippen LogP) is 3.59. The molecule has 4 nitrogen and oxygen atoms in total. The van der Waals surface area contributed by atoms with E-state index in [-0.39, 0.29) is 12.1 Å². The summed E-state index contributed by atoms with van der Waals surface area (Å²) in [6, 6.07) is 7.88. The van der Waals surface area contributed by atoms with E-state index in [0.717, 1.165) is 21.7 Å². The largest absolute Gasteiger partial charge is 0.452 e. The van der Waals surface area contributed by atoms with Crippen LogP contribution in [0.25, 0.3) is 6.08 Å². The van der Waals surface area contributed by atoms with Gasteiger partial charge in [-0.15, -0.1) is 11.3 Å². The average molecular weight is 286 g/mol. The molecule has 1 aliphatic heterocycles. The lowest BCUT2D eigenvalue weighted by atomic mass is 9.98. The van der Waals surface area contributed by atoms with Crippen molar-refractivity contribution >= 4 is 23.5 Å². The fourth-order valence-corrected chi connectivity index (χ4v) is 3.09. The molecule has 2 aromatic rings. The van der Waals surface area contributed by atoms with Gasteiger partial charge in [-0.2, -0.15) is 0 Å². The Morgan fingerprint density at radius 3 is 3.05 bits per heavy atom. The molecule has 1 atom stereocenters. The molecule has 0 spiro atoms. The van der Waals surface area contributed by atoms with E-state index in [9.17, 15) is 4.79 Å². The van der Waals surface area contributed by atoms with Crippen LogP contribution in [0.4, 0.5) is 4.79 Å². The second kappa shape index (κ2) is 5.09. The van der Waals surface area contributed by atoms with Crippen molar-refractivity contribution in [2.75, 3.05) is 7.11 Å². The number of benzene rings is 1. The minimum Gasteiger partial charge on any atom is -0.452 e. The van der Waals surface area contributed by atoms with E-state index in [2.05, 4.69) is 11.1 Å². The number of hydrogen-bond donors (Lipinski definition) is 0. The second-order valence-electron chi connectivity index (χ2n) is 4.61. The van der Waals surface area contributed by atoms with E-state index >= 15 is 0 Å². The number of ether oxygens (including phenoxy) is 1. The number of carbonyl (C=O) groups is 1. The van der Waals surface area contributed by atoms with Crippen LogP contribution in [0.1, 0.15) is 27.7 Å². The van der Waals surface area contributed by atoms with Crippen LogP contribution in [-0.2, 0) is 4.74 Å². The van der Waals surface area contributed by atoms with Crippen LogP contribution in [0, 0.1) is 6.92 Å². The van der Waals surface area contributed by atoms with Crippen LogP contribution in [0.3, 0.4) is 0 Å². The van der Waals surface area contributed by atoms with Gasteiger partial charge in [0.1, 0.15) is 6.04 Å². The molecule has 0 N–H and O–H groups in total. The van der Waals surface area contributed by atoms with Crippen molar-refractivity contribution in [3.05, 3.63) is 57.7 Å². The Labute approximate surface area is 121 Å². The highest BCUT2D eigenvalue weighted by atomic mass is 32.1. The molecule has 20 heavy (non-hydrogen) atoms. The third-order valence-electron chi connectivity index (χ3n) is 3.29. The normalized spacial score (nSPS) is 16.9. The number of fused-ring (bicyclic) bond motifs is 1. The van der Waals surface area contributed by atoms with Crippen LogP contribution in [0.15, 0.2) is 36.0 Å². The van der Waals surface area contributed by atoms with Crippen molar-refractivity contribution in [1.29, 1.82) is 0 Å². The third kappa shape index (κ3) is 2.10. The highest BCUT2D eigenvalue weighted by Crippen LogP contribution is 2.36. The molecule has 0 radical (unpaired) electrons. The Kier molecular flexibility index (Phi) is 3.28. The van der Waals surface area contributed by atoms with E-state index in [1.807, 2.05) is 31.2 Å². The van der Waals surface area contributed by atoms with E-state index in [1.54, 1.807) is 27.9 Å². The molecule has 1 aliphatic rings. The van der Waals surface area contributed by atoms with Gasteiger partial charge in [0.15, 0.2) is 0 Å². The van der Waals surface area contributed by atoms with Gasteiger partial charge in [-0.1, -0.05) is 29.8 Å². The van der Waals surface area contributed by atoms with Gasteiger partial charge in [0, 0.05) is 6.20 Å². The summed E-state index contributed by atoms with van der Waals surface area (Å²) in [7, 11) is 1.39. The summed E-state index contributed by atoms with van der Waals surface area (Å²) in [5.74, 6) is 0. The van der Waals surface area contributed by atoms with Crippen LogP contribution >= 0.6 is 11.3 Å². The average Bonchev–Trinajstić information content (AvgIpc) is 2.93. The van der Waals surface area contributed by atoms with Gasteiger partial charge in [0.05, 0.1) is 23.2 Å². The predicted molar refractivity (Wildman–Crippen MR) is 78.4 cm³/mol. The molecule has 1 amide bonds. The van der Waals surface area contributed by atoms with Gasteiger partial charge >= 0.3 is 6.09 Å². The first kappa shape index (κ1) is 12.9. The van der Waals surface area contributed by atoms with Gasteiger partial charge in [-0.25, -0.2) is 9.78 Å². The number of nitrogens with zero attached hydrogens (tertiary/aromatic N) is 2. The Morgan fingerprint density at radius 2 is 2.30 bits per heavy atom. The summed E-state index contributed by atoms with van der Waals surface area (Å²) in [4.78, 5) is 19.1. The van der Waals surface area contributed by atoms with Gasteiger partial charge in [-0.05, 0) is 18.6 Å². The van der Waals surface area contributed by atoms with Gasteiger partial charge in [-0.3, -0.25) is 4.90 Å². The second-order valence-corrected chi connectivity index (χ2v) is 5.50. The molecule has 0 bridgehead atoms. The van der Waals surface area contributed by atoms with Crippen LogP contribution in [-0.4, -0.2) is 23.1 Å². The van der Waals surface area contributed by atoms with Crippen LogP contribution in [0.5, 0.6) is 0 Å². The highest BCUT2D eigenvalue weighted by molar-refractivity contribution is 7.10. The molecule has 0 aliphatic carbocycles. The first-order valence-electron chi connectivity index (χ1n) is 6.25. The van der Waals surface area contributed by atoms with Gasteiger partial charge in [0.2, 0.25) is 0 Å². The number of amides is 1. The van der Waals surface area contributed by atoms with Gasteiger partial charge in [0.25, 0.3) is 0 Å². The molecule has 102 valence electrons. The molecule has 0 saturated heterocycles. The molecule has 1 aromatic carbocycles. The minimum atomic E-state index is -0.383. The number of aryl methyl sites for hydroxylation is 1. The van der Waals surface area contributed by atoms with Crippen molar-refractivity contribution < 1.29 is 9.53 Å². The molecule has 0 saturated carbocycles. The topological polar surface area (TPSA) is 42.4 Å². The van der Waals surface area contributed by atoms with Crippen LogP contribution in [0.2, 0.25) is 0 Å². The molecule has 1 aromatic heterocycles. The van der Waals surface area contributed by atoms with E-state index in [1.165, 1.54) is 7.11 Å². The van der Waals surface area contributed by atoms with Crippen molar-refractivity contribution in [3.8, 4) is 0 Å². The summed E-state index contributed by atoms with van der Waals surface area (Å²) in [6.07, 6.45) is 3.28. The maximum Gasteiger partial charge on any atom is 0.414 e. The highest BCUT2D eigenvalue weighted by Gasteiger charge is 2.32. The number of hydrogen-bond acceptors (Lipinski definition) is 4. The summed E-state index contributed by atoms with van der Waals surface area (Å²) in [5, 5.41) is 0. The zero-order valence-electron chi connectivity index (χ0n) is 11.2. The number of aromatic nitrogens is 1. The molecule has 0 fully saturated rings. The quantitative estimate of drug-likeness (QED) is 0.804. The Morgan fingerprint density at radius 1 is 1.45 bits per heavy atom. The van der Waals surface area contributed by atoms with Crippen molar-refractivity contribution in [2.24, 2.45) is 0 Å². The smallest absolute Gasteiger partial charge is 0.414 e. The van der Waals surface area contributed by atoms with Gasteiger partial charge < -0.3 is 4.74 Å². The monoisotopic (exact) mass is 286 g/mol. The van der Waals surface area contributed by atoms with Crippen molar-refractivity contribution in [3.63, 3.8) is 0 Å². The summed E-state index contributed by atoms with van der Waals surface area (Å²) in [6.45, 7) is 2.03. The molecule has 5 heteroatoms. The summed E-state index contributed by atoms with van der Waals surface area (Å²) >= 11 is 1.57. The van der Waals surface area contributed by atoms with Crippen LogP contribution < -0.4 is 0 Å².